The summed E-state index contributed by atoms with van der Waals surface area (Å²) < 4.78 is 16.3. The van der Waals surface area contributed by atoms with Crippen molar-refractivity contribution in [3.63, 3.8) is 0 Å². The van der Waals surface area contributed by atoms with Crippen LogP contribution in [0.15, 0.2) is 18.2 Å². The standard InChI is InChI=1S/C17H23NO5/c1-16(2,3)14(22-15(18)20)13(19)10-6-7-12-11(8-10)9-21-17(4,5)23-12/h6-8,14H,9H2,1-5H3,(H2,18,20). The van der Waals surface area contributed by atoms with Crippen LogP contribution in [0.3, 0.4) is 0 Å². The molecule has 0 spiro atoms. The molecule has 0 saturated carbocycles. The lowest BCUT2D eigenvalue weighted by Crippen LogP contribution is -2.40. The molecule has 6 heteroatoms. The summed E-state index contributed by atoms with van der Waals surface area (Å²) >= 11 is 0. The van der Waals surface area contributed by atoms with Crippen LogP contribution in [0.5, 0.6) is 5.75 Å². The third-order valence-electron chi connectivity index (χ3n) is 3.53. The molecule has 2 rings (SSSR count). The van der Waals surface area contributed by atoms with Crippen LogP contribution in [-0.2, 0) is 16.1 Å². The first-order valence-electron chi connectivity index (χ1n) is 7.46. The van der Waals surface area contributed by atoms with E-state index >= 15 is 0 Å². The highest BCUT2D eigenvalue weighted by atomic mass is 16.7. The molecule has 126 valence electrons. The Morgan fingerprint density at radius 3 is 2.52 bits per heavy atom. The Balaban J connectivity index is 2.31. The molecule has 1 heterocycles. The monoisotopic (exact) mass is 321 g/mol. The molecule has 1 amide bonds. The second kappa shape index (κ2) is 5.85. The van der Waals surface area contributed by atoms with E-state index < -0.39 is 23.4 Å². The van der Waals surface area contributed by atoms with Crippen molar-refractivity contribution < 1.29 is 23.8 Å². The maximum Gasteiger partial charge on any atom is 0.405 e. The van der Waals surface area contributed by atoms with E-state index in [4.69, 9.17) is 19.9 Å². The van der Waals surface area contributed by atoms with Crippen LogP contribution in [0, 0.1) is 5.41 Å². The van der Waals surface area contributed by atoms with Crippen molar-refractivity contribution in [2.24, 2.45) is 11.1 Å². The molecule has 6 nitrogen and oxygen atoms in total. The van der Waals surface area contributed by atoms with Crippen molar-refractivity contribution in [2.75, 3.05) is 0 Å². The van der Waals surface area contributed by atoms with Gasteiger partial charge in [-0.3, -0.25) is 4.79 Å². The summed E-state index contributed by atoms with van der Waals surface area (Å²) in [5, 5.41) is 0. The average Bonchev–Trinajstić information content (AvgIpc) is 2.41. The smallest absolute Gasteiger partial charge is 0.405 e. The van der Waals surface area contributed by atoms with Gasteiger partial charge in [0.2, 0.25) is 11.6 Å². The number of carbonyl (C=O) groups excluding carboxylic acids is 2. The lowest BCUT2D eigenvalue weighted by molar-refractivity contribution is -0.180. The lowest BCUT2D eigenvalue weighted by Gasteiger charge is -2.33. The first-order chi connectivity index (χ1) is 10.5. The van der Waals surface area contributed by atoms with Crippen LogP contribution < -0.4 is 10.5 Å². The van der Waals surface area contributed by atoms with E-state index in [0.717, 1.165) is 5.56 Å². The molecule has 0 aliphatic carbocycles. The van der Waals surface area contributed by atoms with Gasteiger partial charge in [0, 0.05) is 30.4 Å². The summed E-state index contributed by atoms with van der Waals surface area (Å²) in [6.07, 6.45) is -1.93. The zero-order valence-electron chi connectivity index (χ0n) is 14.1. The van der Waals surface area contributed by atoms with Gasteiger partial charge >= 0.3 is 6.09 Å². The van der Waals surface area contributed by atoms with Crippen LogP contribution in [0.25, 0.3) is 0 Å². The zero-order valence-corrected chi connectivity index (χ0v) is 14.1. The summed E-state index contributed by atoms with van der Waals surface area (Å²) in [6.45, 7) is 9.43. The minimum absolute atomic E-state index is 0.302. The average molecular weight is 321 g/mol. The van der Waals surface area contributed by atoms with Gasteiger partial charge < -0.3 is 19.9 Å². The van der Waals surface area contributed by atoms with E-state index in [-0.39, 0.29) is 5.78 Å². The SMILES string of the molecule is CC1(C)OCc2cc(C(=O)C(OC(N)=O)C(C)(C)C)ccc2O1. The summed E-state index contributed by atoms with van der Waals surface area (Å²) in [5.74, 6) is -0.313. The van der Waals surface area contributed by atoms with E-state index in [9.17, 15) is 9.59 Å². The van der Waals surface area contributed by atoms with Gasteiger partial charge in [-0.25, -0.2) is 4.79 Å². The summed E-state index contributed by atoms with van der Waals surface area (Å²) in [5.41, 5.74) is 5.73. The molecule has 0 radical (unpaired) electrons. The number of benzene rings is 1. The predicted molar refractivity (Wildman–Crippen MR) is 84.2 cm³/mol. The number of rotatable bonds is 3. The number of amides is 1. The Labute approximate surface area is 135 Å². The van der Waals surface area contributed by atoms with Crippen molar-refractivity contribution >= 4 is 11.9 Å². The molecule has 1 aliphatic heterocycles. The lowest BCUT2D eigenvalue weighted by atomic mass is 9.84. The van der Waals surface area contributed by atoms with Gasteiger partial charge in [0.15, 0.2) is 6.10 Å². The Morgan fingerprint density at radius 2 is 1.96 bits per heavy atom. The number of ether oxygens (including phenoxy) is 3. The third-order valence-corrected chi connectivity index (χ3v) is 3.53. The third kappa shape index (κ3) is 4.01. The first-order valence-corrected chi connectivity index (χ1v) is 7.46. The number of nitrogens with two attached hydrogens (primary N) is 1. The first kappa shape index (κ1) is 17.3. The van der Waals surface area contributed by atoms with E-state index in [1.54, 1.807) is 18.2 Å². The largest absolute Gasteiger partial charge is 0.463 e. The molecule has 1 atom stereocenters. The summed E-state index contributed by atoms with van der Waals surface area (Å²) in [4.78, 5) is 23.8. The molecular weight excluding hydrogens is 298 g/mol. The topological polar surface area (TPSA) is 87.9 Å². The van der Waals surface area contributed by atoms with Crippen LogP contribution >= 0.6 is 0 Å². The van der Waals surface area contributed by atoms with E-state index in [1.807, 2.05) is 34.6 Å². The number of primary amides is 1. The highest BCUT2D eigenvalue weighted by Gasteiger charge is 2.36. The predicted octanol–water partition coefficient (Wildman–Crippen LogP) is 3.02. The Bertz CT molecular complexity index is 630. The zero-order chi connectivity index (χ0) is 17.4. The van der Waals surface area contributed by atoms with Gasteiger partial charge in [-0.15, -0.1) is 0 Å². The van der Waals surface area contributed by atoms with Crippen LogP contribution in [-0.4, -0.2) is 23.8 Å². The molecule has 2 N–H and O–H groups in total. The second-order valence-electron chi connectivity index (χ2n) is 7.16. The molecule has 1 aromatic rings. The minimum atomic E-state index is -0.968. The molecule has 0 saturated heterocycles. The number of hydrogen-bond acceptors (Lipinski definition) is 5. The molecule has 1 unspecified atom stereocenters. The Hall–Kier alpha value is -2.08. The number of fused-ring (bicyclic) bond motifs is 1. The highest BCUT2D eigenvalue weighted by molar-refractivity contribution is 6.01. The van der Waals surface area contributed by atoms with Gasteiger partial charge in [-0.2, -0.15) is 0 Å². The fraction of sp³-hybridized carbons (Fsp3) is 0.529. The van der Waals surface area contributed by atoms with Gasteiger partial charge in [0.25, 0.3) is 0 Å². The van der Waals surface area contributed by atoms with Crippen LogP contribution in [0.2, 0.25) is 0 Å². The highest BCUT2D eigenvalue weighted by Crippen LogP contribution is 2.33. The molecule has 1 aromatic carbocycles. The fourth-order valence-electron chi connectivity index (χ4n) is 2.38. The fourth-order valence-corrected chi connectivity index (χ4v) is 2.38. The Kier molecular flexibility index (Phi) is 4.39. The maximum absolute atomic E-state index is 12.7. The van der Waals surface area contributed by atoms with Crippen LogP contribution in [0.1, 0.15) is 50.5 Å². The van der Waals surface area contributed by atoms with Crippen LogP contribution in [0.4, 0.5) is 4.79 Å². The number of ketones is 1. The summed E-state index contributed by atoms with van der Waals surface area (Å²) in [7, 11) is 0. The van der Waals surface area contributed by atoms with Crippen molar-refractivity contribution in [2.45, 2.75) is 53.1 Å². The normalized spacial score (nSPS) is 17.6. The summed E-state index contributed by atoms with van der Waals surface area (Å²) in [6, 6.07) is 5.10. The van der Waals surface area contributed by atoms with Crippen molar-refractivity contribution in [3.8, 4) is 5.75 Å². The Morgan fingerprint density at radius 1 is 1.30 bits per heavy atom. The van der Waals surface area contributed by atoms with Gasteiger partial charge in [0.05, 0.1) is 6.61 Å². The molecule has 1 aliphatic rings. The van der Waals surface area contributed by atoms with Crippen molar-refractivity contribution in [3.05, 3.63) is 29.3 Å². The molecule has 0 fully saturated rings. The molecule has 0 aromatic heterocycles. The second-order valence-corrected chi connectivity index (χ2v) is 7.16. The maximum atomic E-state index is 12.7. The van der Waals surface area contributed by atoms with Crippen molar-refractivity contribution in [1.82, 2.24) is 0 Å². The van der Waals surface area contributed by atoms with E-state index in [2.05, 4.69) is 0 Å². The number of Topliss-reactive ketones (excluding diaryl/α,β-unsaturated/α-hetero) is 1. The van der Waals surface area contributed by atoms with Gasteiger partial charge in [0.1, 0.15) is 5.75 Å². The molecule has 0 bridgehead atoms. The van der Waals surface area contributed by atoms with Crippen molar-refractivity contribution in [1.29, 1.82) is 0 Å². The number of carbonyl (C=O) groups is 2. The van der Waals surface area contributed by atoms with E-state index in [0.29, 0.717) is 17.9 Å². The van der Waals surface area contributed by atoms with Gasteiger partial charge in [-0.1, -0.05) is 20.8 Å². The molecule has 23 heavy (non-hydrogen) atoms. The van der Waals surface area contributed by atoms with E-state index in [1.165, 1.54) is 0 Å². The quantitative estimate of drug-likeness (QED) is 0.865. The number of hydrogen-bond donors (Lipinski definition) is 1. The molecular formula is C17H23NO5. The van der Waals surface area contributed by atoms with Gasteiger partial charge in [-0.05, 0) is 18.2 Å². The minimum Gasteiger partial charge on any atom is -0.463 e.